The molecule has 180 valence electrons. The molecule has 1 aromatic carbocycles. The van der Waals surface area contributed by atoms with Gasteiger partial charge in [0.2, 0.25) is 0 Å². The highest BCUT2D eigenvalue weighted by atomic mass is 32.1. The van der Waals surface area contributed by atoms with Crippen molar-refractivity contribution < 1.29 is 19.7 Å². The Morgan fingerprint density at radius 2 is 1.83 bits per heavy atom. The van der Waals surface area contributed by atoms with Gasteiger partial charge in [0.1, 0.15) is 5.01 Å². The van der Waals surface area contributed by atoms with Crippen LogP contribution >= 0.6 is 11.3 Å². The van der Waals surface area contributed by atoms with Gasteiger partial charge in [0.05, 0.1) is 47.8 Å². The van der Waals surface area contributed by atoms with Gasteiger partial charge in [0, 0.05) is 32.0 Å². The van der Waals surface area contributed by atoms with E-state index in [2.05, 4.69) is 9.97 Å². The number of pyridine rings is 2. The van der Waals surface area contributed by atoms with Crippen LogP contribution in [0.1, 0.15) is 27.3 Å². The van der Waals surface area contributed by atoms with Gasteiger partial charge in [-0.25, -0.2) is 14.8 Å². The van der Waals surface area contributed by atoms with E-state index in [-0.39, 0.29) is 13.2 Å². The lowest BCUT2D eigenvalue weighted by Crippen LogP contribution is -2.27. The van der Waals surface area contributed by atoms with Crippen molar-refractivity contribution in [2.24, 2.45) is 0 Å². The number of nitrogens with zero attached hydrogens (tertiary/aromatic N) is 4. The minimum atomic E-state index is -0.413. The van der Waals surface area contributed by atoms with Gasteiger partial charge in [-0.2, -0.15) is 0 Å². The zero-order chi connectivity index (χ0) is 24.6. The molecule has 0 aliphatic carbocycles. The highest BCUT2D eigenvalue weighted by Crippen LogP contribution is 2.31. The molecule has 2 N–H and O–H groups in total. The number of methoxy groups -OCH3 is 1. The first-order chi connectivity index (χ1) is 17.1. The molecule has 0 saturated carbocycles. The van der Waals surface area contributed by atoms with Crippen molar-refractivity contribution in [3.63, 3.8) is 0 Å². The molecule has 0 radical (unpaired) electrons. The molecule has 9 heteroatoms. The molecular formula is C26H26N4O4S. The average molecular weight is 491 g/mol. The normalized spacial score (nSPS) is 11.1. The zero-order valence-electron chi connectivity index (χ0n) is 19.3. The maximum absolute atomic E-state index is 11.8. The van der Waals surface area contributed by atoms with Crippen molar-refractivity contribution in [1.29, 1.82) is 0 Å². The quantitative estimate of drug-likeness (QED) is 0.325. The van der Waals surface area contributed by atoms with Gasteiger partial charge >= 0.3 is 5.97 Å². The number of benzene rings is 1. The molecule has 4 aromatic rings. The fourth-order valence-corrected chi connectivity index (χ4v) is 4.50. The summed E-state index contributed by atoms with van der Waals surface area (Å²) in [6.45, 7) is 1.38. The molecule has 0 spiro atoms. The SMILES string of the molecule is COC(=O)c1ccnc(CN(CCO)Cc2cccc(-c3ncc(-c4ccc(CO)cc4)s3)n2)c1. The Labute approximate surface area is 207 Å². The van der Waals surface area contributed by atoms with E-state index in [1.807, 2.05) is 53.6 Å². The van der Waals surface area contributed by atoms with Crippen LogP contribution in [0, 0.1) is 0 Å². The highest BCUT2D eigenvalue weighted by molar-refractivity contribution is 7.18. The smallest absolute Gasteiger partial charge is 0.337 e. The number of hydrogen-bond donors (Lipinski definition) is 2. The summed E-state index contributed by atoms with van der Waals surface area (Å²) in [4.78, 5) is 28.6. The molecule has 0 fully saturated rings. The standard InChI is InChI=1S/C26H26N4O4S/c1-34-26(33)20-9-10-27-22(13-20)16-30(11-12-31)15-21-3-2-4-23(29-21)25-28-14-24(35-25)19-7-5-18(17-32)6-8-19/h2-10,13-14,31-32H,11-12,15-17H2,1H3. The summed E-state index contributed by atoms with van der Waals surface area (Å²) in [5.41, 5.74) is 4.66. The lowest BCUT2D eigenvalue weighted by molar-refractivity contribution is 0.0600. The summed E-state index contributed by atoms with van der Waals surface area (Å²) in [5, 5.41) is 19.6. The molecule has 0 aliphatic heterocycles. The summed E-state index contributed by atoms with van der Waals surface area (Å²) in [5.74, 6) is -0.413. The lowest BCUT2D eigenvalue weighted by Gasteiger charge is -2.21. The van der Waals surface area contributed by atoms with Crippen molar-refractivity contribution in [1.82, 2.24) is 19.9 Å². The molecule has 0 unspecified atom stereocenters. The van der Waals surface area contributed by atoms with E-state index in [4.69, 9.17) is 9.72 Å². The Hall–Kier alpha value is -3.50. The molecule has 0 saturated heterocycles. The molecule has 4 rings (SSSR count). The Bertz CT molecular complexity index is 1280. The van der Waals surface area contributed by atoms with E-state index < -0.39 is 5.97 Å². The van der Waals surface area contributed by atoms with E-state index in [1.54, 1.807) is 29.7 Å². The van der Waals surface area contributed by atoms with Crippen LogP contribution in [0.3, 0.4) is 0 Å². The predicted molar refractivity (Wildman–Crippen MR) is 133 cm³/mol. The van der Waals surface area contributed by atoms with Crippen molar-refractivity contribution in [3.05, 3.63) is 89.5 Å². The van der Waals surface area contributed by atoms with Gasteiger partial charge in [-0.3, -0.25) is 9.88 Å². The molecule has 8 nitrogen and oxygen atoms in total. The molecule has 0 aliphatic rings. The Balaban J connectivity index is 1.49. The fourth-order valence-electron chi connectivity index (χ4n) is 3.61. The molecular weight excluding hydrogens is 464 g/mol. The second-order valence-corrected chi connectivity index (χ2v) is 8.89. The number of carbonyl (C=O) groups is 1. The first-order valence-corrected chi connectivity index (χ1v) is 11.9. The number of hydrogen-bond acceptors (Lipinski definition) is 9. The van der Waals surface area contributed by atoms with Crippen molar-refractivity contribution >= 4 is 17.3 Å². The number of ether oxygens (including phenoxy) is 1. The third-order valence-electron chi connectivity index (χ3n) is 5.38. The van der Waals surface area contributed by atoms with Crippen molar-refractivity contribution in [2.75, 3.05) is 20.3 Å². The number of aliphatic hydroxyl groups is 2. The zero-order valence-corrected chi connectivity index (χ0v) is 20.1. The van der Waals surface area contributed by atoms with Crippen molar-refractivity contribution in [2.45, 2.75) is 19.7 Å². The minimum absolute atomic E-state index is 0.0126. The van der Waals surface area contributed by atoms with Crippen LogP contribution in [0.15, 0.2) is 67.0 Å². The fraction of sp³-hybridized carbons (Fsp3) is 0.231. The number of carbonyl (C=O) groups excluding carboxylic acids is 1. The van der Waals surface area contributed by atoms with E-state index >= 15 is 0 Å². The summed E-state index contributed by atoms with van der Waals surface area (Å²) in [6, 6.07) is 16.9. The third kappa shape index (κ3) is 6.34. The van der Waals surface area contributed by atoms with Crippen LogP contribution in [0.5, 0.6) is 0 Å². The first kappa shape index (κ1) is 24.6. The van der Waals surface area contributed by atoms with Gasteiger partial charge in [-0.15, -0.1) is 11.3 Å². The maximum atomic E-state index is 11.8. The molecule has 0 amide bonds. The predicted octanol–water partition coefficient (Wildman–Crippen LogP) is 3.54. The third-order valence-corrected chi connectivity index (χ3v) is 6.45. The van der Waals surface area contributed by atoms with E-state index in [9.17, 15) is 15.0 Å². The number of thiazole rings is 1. The van der Waals surface area contributed by atoms with Crippen LogP contribution in [-0.2, 0) is 24.4 Å². The lowest BCUT2D eigenvalue weighted by atomic mass is 10.1. The second-order valence-electron chi connectivity index (χ2n) is 7.86. The Morgan fingerprint density at radius 1 is 1.03 bits per heavy atom. The van der Waals surface area contributed by atoms with Crippen LogP contribution in [0.2, 0.25) is 0 Å². The number of rotatable bonds is 10. The average Bonchev–Trinajstić information content (AvgIpc) is 3.39. The van der Waals surface area contributed by atoms with Crippen LogP contribution < -0.4 is 0 Å². The minimum Gasteiger partial charge on any atom is -0.465 e. The number of aromatic nitrogens is 3. The molecule has 3 heterocycles. The maximum Gasteiger partial charge on any atom is 0.337 e. The van der Waals surface area contributed by atoms with Crippen LogP contribution in [0.25, 0.3) is 21.1 Å². The van der Waals surface area contributed by atoms with Crippen LogP contribution in [-0.4, -0.2) is 56.3 Å². The summed E-state index contributed by atoms with van der Waals surface area (Å²) < 4.78 is 4.79. The topological polar surface area (TPSA) is 109 Å². The Kier molecular flexibility index (Phi) is 8.27. The first-order valence-electron chi connectivity index (χ1n) is 11.1. The number of esters is 1. The van der Waals surface area contributed by atoms with E-state index in [0.29, 0.717) is 30.9 Å². The molecule has 0 atom stereocenters. The molecule has 3 aromatic heterocycles. The monoisotopic (exact) mass is 490 g/mol. The number of aliphatic hydroxyl groups excluding tert-OH is 2. The van der Waals surface area contributed by atoms with Gasteiger partial charge in [-0.05, 0) is 35.4 Å². The van der Waals surface area contributed by atoms with E-state index in [1.165, 1.54) is 7.11 Å². The Morgan fingerprint density at radius 3 is 2.57 bits per heavy atom. The van der Waals surface area contributed by atoms with Gasteiger partial charge < -0.3 is 14.9 Å². The molecule has 35 heavy (non-hydrogen) atoms. The summed E-state index contributed by atoms with van der Waals surface area (Å²) in [7, 11) is 1.34. The van der Waals surface area contributed by atoms with Crippen molar-refractivity contribution in [3.8, 4) is 21.1 Å². The van der Waals surface area contributed by atoms with E-state index in [0.717, 1.165) is 32.4 Å². The summed E-state index contributed by atoms with van der Waals surface area (Å²) in [6.07, 6.45) is 3.41. The molecule has 0 bridgehead atoms. The van der Waals surface area contributed by atoms with Gasteiger partial charge in [0.25, 0.3) is 0 Å². The van der Waals surface area contributed by atoms with Gasteiger partial charge in [0.15, 0.2) is 0 Å². The van der Waals surface area contributed by atoms with Crippen LogP contribution in [0.4, 0.5) is 0 Å². The summed E-state index contributed by atoms with van der Waals surface area (Å²) >= 11 is 1.56. The largest absolute Gasteiger partial charge is 0.465 e. The highest BCUT2D eigenvalue weighted by Gasteiger charge is 2.13. The second kappa shape index (κ2) is 11.8. The van der Waals surface area contributed by atoms with Gasteiger partial charge in [-0.1, -0.05) is 30.3 Å².